The Balaban J connectivity index is 2.37. The lowest BCUT2D eigenvalue weighted by atomic mass is 9.99. The van der Waals surface area contributed by atoms with Crippen LogP contribution in [-0.2, 0) is 4.79 Å². The second-order valence-electron chi connectivity index (χ2n) is 5.04. The molecule has 4 nitrogen and oxygen atoms in total. The first-order valence-corrected chi connectivity index (χ1v) is 6.89. The van der Waals surface area contributed by atoms with Crippen LogP contribution < -0.4 is 15.8 Å². The maximum Gasteiger partial charge on any atom is 0.237 e. The fourth-order valence-electron chi connectivity index (χ4n) is 1.66. The van der Waals surface area contributed by atoms with E-state index in [-0.39, 0.29) is 23.7 Å². The molecule has 3 unspecified atom stereocenters. The maximum absolute atomic E-state index is 12.7. The number of carbonyl (C=O) groups is 1. The lowest BCUT2D eigenvalue weighted by molar-refractivity contribution is -0.123. The fourth-order valence-corrected chi connectivity index (χ4v) is 1.66. The number of hydrogen-bond donors (Lipinski definition) is 2. The zero-order valence-electron chi connectivity index (χ0n) is 12.2. The third-order valence-electron chi connectivity index (χ3n) is 3.27. The van der Waals surface area contributed by atoms with Crippen molar-refractivity contribution in [3.8, 4) is 5.75 Å². The molecule has 0 radical (unpaired) electrons. The van der Waals surface area contributed by atoms with Crippen LogP contribution in [0.3, 0.4) is 0 Å². The van der Waals surface area contributed by atoms with E-state index < -0.39 is 6.04 Å². The van der Waals surface area contributed by atoms with Gasteiger partial charge in [-0.05, 0) is 37.1 Å². The first-order chi connectivity index (χ1) is 9.43. The van der Waals surface area contributed by atoms with Crippen molar-refractivity contribution in [1.82, 2.24) is 5.32 Å². The molecule has 0 saturated heterocycles. The summed E-state index contributed by atoms with van der Waals surface area (Å²) in [5.41, 5.74) is 5.83. The first kappa shape index (κ1) is 16.4. The lowest BCUT2D eigenvalue weighted by Gasteiger charge is -2.20. The van der Waals surface area contributed by atoms with E-state index in [0.29, 0.717) is 12.3 Å². The molecule has 0 bridgehead atoms. The number of hydrogen-bond acceptors (Lipinski definition) is 3. The van der Waals surface area contributed by atoms with Crippen LogP contribution in [0.5, 0.6) is 5.75 Å². The van der Waals surface area contributed by atoms with Gasteiger partial charge in [0.15, 0.2) is 0 Å². The molecule has 0 aliphatic carbocycles. The number of carbonyl (C=O) groups excluding carboxylic acids is 1. The number of halogens is 1. The molecular formula is C15H23FN2O2. The second kappa shape index (κ2) is 7.85. The van der Waals surface area contributed by atoms with Crippen molar-refractivity contribution >= 4 is 5.91 Å². The normalized spacial score (nSPS) is 15.2. The predicted octanol–water partition coefficient (Wildman–Crippen LogP) is 2.08. The SMILES string of the molecule is CCC(C)C(N)C(=O)NCC(C)Oc1ccc(F)cc1. The third-order valence-corrected chi connectivity index (χ3v) is 3.27. The summed E-state index contributed by atoms with van der Waals surface area (Å²) in [5.74, 6) is 0.231. The highest BCUT2D eigenvalue weighted by molar-refractivity contribution is 5.81. The minimum absolute atomic E-state index is 0.142. The van der Waals surface area contributed by atoms with Crippen molar-refractivity contribution in [2.24, 2.45) is 11.7 Å². The Labute approximate surface area is 119 Å². The highest BCUT2D eigenvalue weighted by Gasteiger charge is 2.19. The Bertz CT molecular complexity index is 422. The Morgan fingerprint density at radius 3 is 2.50 bits per heavy atom. The van der Waals surface area contributed by atoms with E-state index in [4.69, 9.17) is 10.5 Å². The van der Waals surface area contributed by atoms with Crippen molar-refractivity contribution in [2.75, 3.05) is 6.54 Å². The summed E-state index contributed by atoms with van der Waals surface area (Å²) >= 11 is 0. The molecule has 0 saturated carbocycles. The quantitative estimate of drug-likeness (QED) is 0.805. The number of rotatable bonds is 7. The minimum Gasteiger partial charge on any atom is -0.489 e. The van der Waals surface area contributed by atoms with Crippen molar-refractivity contribution < 1.29 is 13.9 Å². The van der Waals surface area contributed by atoms with Gasteiger partial charge < -0.3 is 15.8 Å². The average molecular weight is 282 g/mol. The van der Waals surface area contributed by atoms with Crippen LogP contribution in [0.4, 0.5) is 4.39 Å². The van der Waals surface area contributed by atoms with Gasteiger partial charge in [-0.15, -0.1) is 0 Å². The zero-order chi connectivity index (χ0) is 15.1. The van der Waals surface area contributed by atoms with E-state index in [1.165, 1.54) is 12.1 Å². The monoisotopic (exact) mass is 282 g/mol. The molecule has 1 rings (SSSR count). The van der Waals surface area contributed by atoms with Crippen LogP contribution in [0, 0.1) is 11.7 Å². The molecular weight excluding hydrogens is 259 g/mol. The molecule has 112 valence electrons. The van der Waals surface area contributed by atoms with E-state index in [1.807, 2.05) is 20.8 Å². The van der Waals surface area contributed by atoms with E-state index in [9.17, 15) is 9.18 Å². The van der Waals surface area contributed by atoms with E-state index in [2.05, 4.69) is 5.32 Å². The lowest BCUT2D eigenvalue weighted by Crippen LogP contribution is -2.47. The number of amides is 1. The Morgan fingerprint density at radius 1 is 1.35 bits per heavy atom. The average Bonchev–Trinajstić information content (AvgIpc) is 2.45. The largest absolute Gasteiger partial charge is 0.489 e. The molecule has 0 heterocycles. The maximum atomic E-state index is 12.7. The van der Waals surface area contributed by atoms with Gasteiger partial charge in [0, 0.05) is 0 Å². The van der Waals surface area contributed by atoms with Crippen LogP contribution >= 0.6 is 0 Å². The topological polar surface area (TPSA) is 64.4 Å². The molecule has 0 fully saturated rings. The van der Waals surface area contributed by atoms with E-state index >= 15 is 0 Å². The molecule has 20 heavy (non-hydrogen) atoms. The Morgan fingerprint density at radius 2 is 1.95 bits per heavy atom. The van der Waals surface area contributed by atoms with Gasteiger partial charge in [0.1, 0.15) is 17.7 Å². The summed E-state index contributed by atoms with van der Waals surface area (Å²) in [6, 6.07) is 5.27. The van der Waals surface area contributed by atoms with E-state index in [0.717, 1.165) is 6.42 Å². The summed E-state index contributed by atoms with van der Waals surface area (Å²) < 4.78 is 18.3. The Kier molecular flexibility index (Phi) is 6.45. The van der Waals surface area contributed by atoms with Crippen molar-refractivity contribution in [1.29, 1.82) is 0 Å². The van der Waals surface area contributed by atoms with Crippen LogP contribution in [-0.4, -0.2) is 24.6 Å². The smallest absolute Gasteiger partial charge is 0.237 e. The summed E-state index contributed by atoms with van der Waals surface area (Å²) in [4.78, 5) is 11.8. The molecule has 1 aromatic carbocycles. The predicted molar refractivity (Wildman–Crippen MR) is 76.9 cm³/mol. The van der Waals surface area contributed by atoms with Gasteiger partial charge in [-0.1, -0.05) is 20.3 Å². The van der Waals surface area contributed by atoms with Crippen LogP contribution in [0.1, 0.15) is 27.2 Å². The van der Waals surface area contributed by atoms with Crippen LogP contribution in [0.25, 0.3) is 0 Å². The van der Waals surface area contributed by atoms with Gasteiger partial charge in [-0.3, -0.25) is 4.79 Å². The first-order valence-electron chi connectivity index (χ1n) is 6.89. The van der Waals surface area contributed by atoms with Crippen molar-refractivity contribution in [3.63, 3.8) is 0 Å². The van der Waals surface area contributed by atoms with Crippen molar-refractivity contribution in [2.45, 2.75) is 39.3 Å². The van der Waals surface area contributed by atoms with Gasteiger partial charge in [-0.2, -0.15) is 0 Å². The summed E-state index contributed by atoms with van der Waals surface area (Å²) in [6.07, 6.45) is 0.643. The summed E-state index contributed by atoms with van der Waals surface area (Å²) in [6.45, 7) is 6.14. The number of nitrogens with two attached hydrogens (primary N) is 1. The fraction of sp³-hybridized carbons (Fsp3) is 0.533. The molecule has 0 aliphatic rings. The summed E-state index contributed by atoms with van der Waals surface area (Å²) in [7, 11) is 0. The zero-order valence-corrected chi connectivity index (χ0v) is 12.2. The van der Waals surface area contributed by atoms with E-state index in [1.54, 1.807) is 12.1 Å². The molecule has 3 atom stereocenters. The van der Waals surface area contributed by atoms with Gasteiger partial charge >= 0.3 is 0 Å². The standard InChI is InChI=1S/C15H23FN2O2/c1-4-10(2)14(17)15(19)18-9-11(3)20-13-7-5-12(16)6-8-13/h5-8,10-11,14H,4,9,17H2,1-3H3,(H,18,19). The van der Waals surface area contributed by atoms with Crippen molar-refractivity contribution in [3.05, 3.63) is 30.1 Å². The number of benzene rings is 1. The van der Waals surface area contributed by atoms with Gasteiger partial charge in [-0.25, -0.2) is 4.39 Å². The molecule has 1 aromatic rings. The number of ether oxygens (including phenoxy) is 1. The molecule has 3 N–H and O–H groups in total. The second-order valence-corrected chi connectivity index (χ2v) is 5.04. The molecule has 0 aliphatic heterocycles. The molecule has 1 amide bonds. The molecule has 5 heteroatoms. The summed E-state index contributed by atoms with van der Waals surface area (Å²) in [5, 5.41) is 2.77. The molecule has 0 spiro atoms. The number of nitrogens with one attached hydrogen (secondary N) is 1. The van der Waals surface area contributed by atoms with Gasteiger partial charge in [0.2, 0.25) is 5.91 Å². The molecule has 0 aromatic heterocycles. The minimum atomic E-state index is -0.502. The highest BCUT2D eigenvalue weighted by Crippen LogP contribution is 2.12. The van der Waals surface area contributed by atoms with Gasteiger partial charge in [0.25, 0.3) is 0 Å². The van der Waals surface area contributed by atoms with Crippen LogP contribution in [0.2, 0.25) is 0 Å². The van der Waals surface area contributed by atoms with Gasteiger partial charge in [0.05, 0.1) is 12.6 Å². The Hall–Kier alpha value is -1.62. The third kappa shape index (κ3) is 5.17. The van der Waals surface area contributed by atoms with Crippen LogP contribution in [0.15, 0.2) is 24.3 Å². The highest BCUT2D eigenvalue weighted by atomic mass is 19.1.